The number of hydrogen-bond donors (Lipinski definition) is 3. The van der Waals surface area contributed by atoms with Gasteiger partial charge in [0.25, 0.3) is 0 Å². The summed E-state index contributed by atoms with van der Waals surface area (Å²) < 4.78 is 32.5. The van der Waals surface area contributed by atoms with Gasteiger partial charge in [-0.3, -0.25) is 0 Å². The molecule has 0 spiro atoms. The quantitative estimate of drug-likeness (QED) is 0.391. The number of aryl methyl sites for hydroxylation is 1. The topological polar surface area (TPSA) is 105 Å². The van der Waals surface area contributed by atoms with Crippen LogP contribution in [0.1, 0.15) is 43.0 Å². The Morgan fingerprint density at radius 1 is 1.37 bits per heavy atom. The van der Waals surface area contributed by atoms with Gasteiger partial charge in [-0.15, -0.1) is 11.3 Å². The van der Waals surface area contributed by atoms with Gasteiger partial charge in [-0.1, -0.05) is 6.92 Å². The Labute approximate surface area is 166 Å². The molecule has 0 amide bonds. The lowest BCUT2D eigenvalue weighted by molar-refractivity contribution is 0.0200. The van der Waals surface area contributed by atoms with Crippen LogP contribution in [0.15, 0.2) is 11.2 Å². The first-order valence-electron chi connectivity index (χ1n) is 9.57. The number of aliphatic imine (C=N–C) groups is 1. The molecule has 0 aliphatic carbocycles. The lowest BCUT2D eigenvalue weighted by Gasteiger charge is -2.22. The highest BCUT2D eigenvalue weighted by atomic mass is 32.2. The minimum Gasteiger partial charge on any atom is -0.377 e. The van der Waals surface area contributed by atoms with Crippen molar-refractivity contribution < 1.29 is 13.2 Å². The van der Waals surface area contributed by atoms with E-state index in [4.69, 9.17) is 4.74 Å². The number of hydrogen-bond acceptors (Lipinski definition) is 6. The molecule has 0 aromatic carbocycles. The Hall–Kier alpha value is -1.23. The molecule has 2 heterocycles. The number of aromatic nitrogens is 1. The molecule has 1 fully saturated rings. The minimum absolute atomic E-state index is 0.00771. The number of nitrogens with zero attached hydrogens (tertiary/aromatic N) is 2. The molecule has 27 heavy (non-hydrogen) atoms. The first kappa shape index (κ1) is 22.1. The van der Waals surface area contributed by atoms with Crippen LogP contribution in [0.4, 0.5) is 0 Å². The van der Waals surface area contributed by atoms with Crippen molar-refractivity contribution in [3.8, 4) is 0 Å². The van der Waals surface area contributed by atoms with Crippen LogP contribution < -0.4 is 15.4 Å². The van der Waals surface area contributed by atoms with Crippen molar-refractivity contribution in [2.45, 2.75) is 52.2 Å². The summed E-state index contributed by atoms with van der Waals surface area (Å²) in [5.74, 6) is 0.582. The van der Waals surface area contributed by atoms with E-state index in [2.05, 4.69) is 32.3 Å². The van der Waals surface area contributed by atoms with Gasteiger partial charge in [0, 0.05) is 37.3 Å². The van der Waals surface area contributed by atoms with E-state index in [9.17, 15) is 8.42 Å². The average Bonchev–Trinajstić information content (AvgIpc) is 3.13. The summed E-state index contributed by atoms with van der Waals surface area (Å²) in [6.07, 6.45) is 5.90. The standard InChI is InChI=1S/C17H31N5O3S2/c1-3-15-12-20-16(26-15)13-21-17(18-4-2)19-8-10-27(23,24)22-11-14-7-5-6-9-25-14/h12,14,22H,3-11,13H2,1-2H3,(H2,18,19,21). The summed E-state index contributed by atoms with van der Waals surface area (Å²) >= 11 is 1.65. The molecule has 154 valence electrons. The van der Waals surface area contributed by atoms with E-state index < -0.39 is 10.0 Å². The molecular weight excluding hydrogens is 386 g/mol. The molecule has 0 bridgehead atoms. The Kier molecular flexibility index (Phi) is 9.46. The third-order valence-electron chi connectivity index (χ3n) is 4.13. The zero-order chi connectivity index (χ0) is 19.5. The van der Waals surface area contributed by atoms with Crippen molar-refractivity contribution in [3.05, 3.63) is 16.1 Å². The normalized spacial score (nSPS) is 18.4. The van der Waals surface area contributed by atoms with E-state index in [-0.39, 0.29) is 18.4 Å². The summed E-state index contributed by atoms with van der Waals surface area (Å²) in [6.45, 7) is 6.59. The van der Waals surface area contributed by atoms with Gasteiger partial charge in [0.2, 0.25) is 10.0 Å². The van der Waals surface area contributed by atoms with Gasteiger partial charge in [-0.2, -0.15) is 0 Å². The predicted octanol–water partition coefficient (Wildman–Crippen LogP) is 1.25. The molecule has 1 atom stereocenters. The second-order valence-electron chi connectivity index (χ2n) is 6.35. The highest BCUT2D eigenvalue weighted by Gasteiger charge is 2.17. The van der Waals surface area contributed by atoms with Crippen molar-refractivity contribution in [3.63, 3.8) is 0 Å². The fraction of sp³-hybridized carbons (Fsp3) is 0.765. The molecule has 1 aromatic heterocycles. The van der Waals surface area contributed by atoms with Crippen LogP contribution in [0.5, 0.6) is 0 Å². The Bertz CT molecular complexity index is 684. The van der Waals surface area contributed by atoms with Crippen molar-refractivity contribution >= 4 is 27.3 Å². The molecule has 1 aliphatic rings. The smallest absolute Gasteiger partial charge is 0.213 e. The highest BCUT2D eigenvalue weighted by Crippen LogP contribution is 2.14. The van der Waals surface area contributed by atoms with Gasteiger partial charge < -0.3 is 15.4 Å². The summed E-state index contributed by atoms with van der Waals surface area (Å²) in [5, 5.41) is 7.15. The number of nitrogens with one attached hydrogen (secondary N) is 3. The Morgan fingerprint density at radius 3 is 2.89 bits per heavy atom. The van der Waals surface area contributed by atoms with Gasteiger partial charge in [-0.05, 0) is 32.6 Å². The monoisotopic (exact) mass is 417 g/mol. The maximum Gasteiger partial charge on any atom is 0.213 e. The van der Waals surface area contributed by atoms with Gasteiger partial charge in [0.05, 0.1) is 18.4 Å². The van der Waals surface area contributed by atoms with Crippen LogP contribution in [0.25, 0.3) is 0 Å². The molecule has 10 heteroatoms. The second-order valence-corrected chi connectivity index (χ2v) is 9.48. The lowest BCUT2D eigenvalue weighted by Crippen LogP contribution is -2.42. The van der Waals surface area contributed by atoms with E-state index in [1.165, 1.54) is 4.88 Å². The maximum atomic E-state index is 12.2. The van der Waals surface area contributed by atoms with E-state index in [0.717, 1.165) is 37.3 Å². The second kappa shape index (κ2) is 11.6. The van der Waals surface area contributed by atoms with Gasteiger partial charge in [0.1, 0.15) is 5.01 Å². The molecule has 3 N–H and O–H groups in total. The van der Waals surface area contributed by atoms with E-state index in [0.29, 0.717) is 25.6 Å². The van der Waals surface area contributed by atoms with Crippen molar-refractivity contribution in [2.24, 2.45) is 4.99 Å². The Morgan fingerprint density at radius 2 is 2.22 bits per heavy atom. The number of rotatable bonds is 10. The number of ether oxygens (including phenoxy) is 1. The summed E-state index contributed by atoms with van der Waals surface area (Å²) in [5.41, 5.74) is 0. The Balaban J connectivity index is 1.75. The molecule has 2 rings (SSSR count). The predicted molar refractivity (Wildman–Crippen MR) is 110 cm³/mol. The number of guanidine groups is 1. The van der Waals surface area contributed by atoms with Crippen molar-refractivity contribution in [1.29, 1.82) is 0 Å². The molecule has 0 radical (unpaired) electrons. The number of sulfonamides is 1. The van der Waals surface area contributed by atoms with Crippen LogP contribution in [0, 0.1) is 0 Å². The molecule has 8 nitrogen and oxygen atoms in total. The molecule has 1 aliphatic heterocycles. The van der Waals surface area contributed by atoms with Crippen LogP contribution in [0.2, 0.25) is 0 Å². The average molecular weight is 418 g/mol. The molecule has 1 aromatic rings. The summed E-state index contributed by atoms with van der Waals surface area (Å²) in [6, 6.07) is 0. The van der Waals surface area contributed by atoms with Gasteiger partial charge >= 0.3 is 0 Å². The number of thiazole rings is 1. The SMILES string of the molecule is CCNC(=NCc1ncc(CC)s1)NCCS(=O)(=O)NCC1CCCCO1. The molecule has 0 saturated carbocycles. The zero-order valence-corrected chi connectivity index (χ0v) is 17.8. The summed E-state index contributed by atoms with van der Waals surface area (Å²) in [7, 11) is -3.34. The maximum absolute atomic E-state index is 12.2. The van der Waals surface area contributed by atoms with Gasteiger partial charge in [0.15, 0.2) is 5.96 Å². The first-order valence-corrected chi connectivity index (χ1v) is 12.0. The van der Waals surface area contributed by atoms with E-state index in [1.54, 1.807) is 11.3 Å². The van der Waals surface area contributed by atoms with E-state index in [1.807, 2.05) is 13.1 Å². The van der Waals surface area contributed by atoms with Crippen LogP contribution in [0.3, 0.4) is 0 Å². The fourth-order valence-electron chi connectivity index (χ4n) is 2.64. The van der Waals surface area contributed by atoms with Crippen LogP contribution in [-0.4, -0.2) is 57.5 Å². The third kappa shape index (κ3) is 8.54. The van der Waals surface area contributed by atoms with Crippen LogP contribution in [-0.2, 0) is 27.7 Å². The lowest BCUT2D eigenvalue weighted by atomic mass is 10.1. The molecule has 1 unspecified atom stereocenters. The molecule has 1 saturated heterocycles. The molecular formula is C17H31N5O3S2. The van der Waals surface area contributed by atoms with Crippen molar-refractivity contribution in [1.82, 2.24) is 20.3 Å². The summed E-state index contributed by atoms with van der Waals surface area (Å²) in [4.78, 5) is 10.1. The minimum atomic E-state index is -3.34. The third-order valence-corrected chi connectivity index (χ3v) is 6.61. The van der Waals surface area contributed by atoms with Gasteiger partial charge in [-0.25, -0.2) is 23.1 Å². The largest absolute Gasteiger partial charge is 0.377 e. The fourth-order valence-corrected chi connectivity index (χ4v) is 4.38. The first-order chi connectivity index (χ1) is 13.0. The van der Waals surface area contributed by atoms with Crippen molar-refractivity contribution in [2.75, 3.05) is 32.0 Å². The van der Waals surface area contributed by atoms with Crippen LogP contribution >= 0.6 is 11.3 Å². The highest BCUT2D eigenvalue weighted by molar-refractivity contribution is 7.89. The zero-order valence-electron chi connectivity index (χ0n) is 16.2. The van der Waals surface area contributed by atoms with E-state index >= 15 is 0 Å².